The van der Waals surface area contributed by atoms with Gasteiger partial charge in [-0.3, -0.25) is 0 Å². The van der Waals surface area contributed by atoms with Crippen molar-refractivity contribution in [3.05, 3.63) is 53.1 Å². The monoisotopic (exact) mass is 300 g/mol. The van der Waals surface area contributed by atoms with E-state index in [4.69, 9.17) is 17.3 Å². The number of fused-ring (bicyclic) bond motifs is 1. The lowest BCUT2D eigenvalue weighted by Gasteiger charge is -2.15. The van der Waals surface area contributed by atoms with E-state index in [9.17, 15) is 0 Å². The standard InChI is InChI=1S/C16H17ClN4/c1-2-11(18)10-12-13(17)6-5-9-15(12)21-16-8-4-3-7-14(16)19-20-21/h3-9,11H,2,10,18H2,1H3. The summed E-state index contributed by atoms with van der Waals surface area (Å²) in [5, 5.41) is 9.19. The summed E-state index contributed by atoms with van der Waals surface area (Å²) in [5.74, 6) is 0. The third-order valence-corrected chi connectivity index (χ3v) is 4.02. The van der Waals surface area contributed by atoms with Gasteiger partial charge in [0.2, 0.25) is 0 Å². The zero-order valence-electron chi connectivity index (χ0n) is 11.8. The first-order valence-electron chi connectivity index (χ1n) is 7.04. The summed E-state index contributed by atoms with van der Waals surface area (Å²) in [6.07, 6.45) is 1.63. The third-order valence-electron chi connectivity index (χ3n) is 3.66. The molecule has 2 aromatic carbocycles. The molecular formula is C16H17ClN4. The van der Waals surface area contributed by atoms with E-state index in [0.717, 1.165) is 40.1 Å². The molecule has 0 bridgehead atoms. The molecule has 1 atom stereocenters. The first-order valence-corrected chi connectivity index (χ1v) is 7.42. The van der Waals surface area contributed by atoms with Crippen molar-refractivity contribution >= 4 is 22.6 Å². The summed E-state index contributed by atoms with van der Waals surface area (Å²) in [6.45, 7) is 2.08. The Labute approximate surface area is 128 Å². The molecule has 3 rings (SSSR count). The van der Waals surface area contributed by atoms with E-state index in [1.807, 2.05) is 47.1 Å². The molecule has 1 unspecified atom stereocenters. The predicted octanol–water partition coefficient (Wildman–Crippen LogP) is 3.35. The Morgan fingerprint density at radius 2 is 2.00 bits per heavy atom. The molecule has 21 heavy (non-hydrogen) atoms. The number of benzene rings is 2. The quantitative estimate of drug-likeness (QED) is 0.804. The molecule has 0 radical (unpaired) electrons. The van der Waals surface area contributed by atoms with Crippen molar-refractivity contribution in [1.82, 2.24) is 15.0 Å². The van der Waals surface area contributed by atoms with Crippen LogP contribution in [0, 0.1) is 0 Å². The molecule has 0 saturated carbocycles. The lowest BCUT2D eigenvalue weighted by atomic mass is 10.0. The fourth-order valence-corrected chi connectivity index (χ4v) is 2.65. The fourth-order valence-electron chi connectivity index (χ4n) is 2.40. The fraction of sp³-hybridized carbons (Fsp3) is 0.250. The van der Waals surface area contributed by atoms with Crippen LogP contribution in [0.4, 0.5) is 0 Å². The molecule has 0 amide bonds. The van der Waals surface area contributed by atoms with Crippen LogP contribution in [0.3, 0.4) is 0 Å². The molecule has 0 spiro atoms. The Bertz CT molecular complexity index is 766. The maximum absolute atomic E-state index is 6.38. The van der Waals surface area contributed by atoms with Crippen molar-refractivity contribution in [2.24, 2.45) is 5.73 Å². The second kappa shape index (κ2) is 5.84. The van der Waals surface area contributed by atoms with Crippen LogP contribution in [0.25, 0.3) is 16.7 Å². The predicted molar refractivity (Wildman–Crippen MR) is 85.8 cm³/mol. The van der Waals surface area contributed by atoms with Gasteiger partial charge in [0.1, 0.15) is 5.52 Å². The van der Waals surface area contributed by atoms with Gasteiger partial charge in [-0.05, 0) is 42.7 Å². The molecule has 5 heteroatoms. The van der Waals surface area contributed by atoms with Crippen LogP contribution < -0.4 is 5.73 Å². The summed E-state index contributed by atoms with van der Waals surface area (Å²) in [5.41, 5.74) is 9.90. The third kappa shape index (κ3) is 2.64. The Balaban J connectivity index is 2.16. The van der Waals surface area contributed by atoms with Crippen molar-refractivity contribution in [2.45, 2.75) is 25.8 Å². The van der Waals surface area contributed by atoms with Crippen molar-refractivity contribution in [1.29, 1.82) is 0 Å². The minimum Gasteiger partial charge on any atom is -0.327 e. The Morgan fingerprint density at radius 1 is 1.19 bits per heavy atom. The van der Waals surface area contributed by atoms with Gasteiger partial charge in [-0.1, -0.05) is 41.9 Å². The smallest absolute Gasteiger partial charge is 0.113 e. The molecule has 1 heterocycles. The Kier molecular flexibility index (Phi) is 3.90. The molecule has 3 aromatic rings. The highest BCUT2D eigenvalue weighted by Gasteiger charge is 2.14. The molecule has 0 saturated heterocycles. The molecule has 0 fully saturated rings. The van der Waals surface area contributed by atoms with Gasteiger partial charge in [0, 0.05) is 11.1 Å². The average molecular weight is 301 g/mol. The highest BCUT2D eigenvalue weighted by atomic mass is 35.5. The lowest BCUT2D eigenvalue weighted by Crippen LogP contribution is -2.22. The second-order valence-corrected chi connectivity index (χ2v) is 5.51. The van der Waals surface area contributed by atoms with Gasteiger partial charge >= 0.3 is 0 Å². The first-order chi connectivity index (χ1) is 10.2. The lowest BCUT2D eigenvalue weighted by molar-refractivity contribution is 0.642. The molecule has 4 nitrogen and oxygen atoms in total. The van der Waals surface area contributed by atoms with Gasteiger partial charge in [-0.2, -0.15) is 0 Å². The molecule has 1 aromatic heterocycles. The molecule has 0 aliphatic rings. The maximum atomic E-state index is 6.38. The number of hydrogen-bond acceptors (Lipinski definition) is 3. The van der Waals surface area contributed by atoms with Crippen molar-refractivity contribution < 1.29 is 0 Å². The van der Waals surface area contributed by atoms with Crippen LogP contribution in [0.5, 0.6) is 0 Å². The van der Waals surface area contributed by atoms with Gasteiger partial charge in [-0.15, -0.1) is 5.10 Å². The summed E-state index contributed by atoms with van der Waals surface area (Å²) in [6, 6.07) is 13.8. The zero-order valence-corrected chi connectivity index (χ0v) is 12.6. The average Bonchev–Trinajstić information content (AvgIpc) is 2.93. The highest BCUT2D eigenvalue weighted by Crippen LogP contribution is 2.26. The number of para-hydroxylation sites is 1. The Hall–Kier alpha value is -1.91. The molecular weight excluding hydrogens is 284 g/mol. The van der Waals surface area contributed by atoms with Gasteiger partial charge in [0.25, 0.3) is 0 Å². The number of aromatic nitrogens is 3. The van der Waals surface area contributed by atoms with E-state index in [1.54, 1.807) is 0 Å². The van der Waals surface area contributed by atoms with Crippen molar-refractivity contribution in [3.63, 3.8) is 0 Å². The number of rotatable bonds is 4. The van der Waals surface area contributed by atoms with Crippen molar-refractivity contribution in [3.8, 4) is 5.69 Å². The second-order valence-electron chi connectivity index (χ2n) is 5.10. The summed E-state index contributed by atoms with van der Waals surface area (Å²) in [4.78, 5) is 0. The van der Waals surface area contributed by atoms with E-state index in [1.165, 1.54) is 0 Å². The van der Waals surface area contributed by atoms with Crippen LogP contribution >= 0.6 is 11.6 Å². The molecule has 108 valence electrons. The minimum atomic E-state index is 0.0819. The van der Waals surface area contributed by atoms with Crippen LogP contribution in [0.15, 0.2) is 42.5 Å². The highest BCUT2D eigenvalue weighted by molar-refractivity contribution is 6.31. The zero-order chi connectivity index (χ0) is 14.8. The topological polar surface area (TPSA) is 56.7 Å². The normalized spacial score (nSPS) is 12.7. The largest absolute Gasteiger partial charge is 0.327 e. The summed E-state index contributed by atoms with van der Waals surface area (Å²) in [7, 11) is 0. The van der Waals surface area contributed by atoms with E-state index < -0.39 is 0 Å². The van der Waals surface area contributed by atoms with Crippen LogP contribution in [-0.4, -0.2) is 21.0 Å². The van der Waals surface area contributed by atoms with Crippen LogP contribution in [0.1, 0.15) is 18.9 Å². The molecule has 2 N–H and O–H groups in total. The van der Waals surface area contributed by atoms with E-state index >= 15 is 0 Å². The maximum Gasteiger partial charge on any atom is 0.113 e. The minimum absolute atomic E-state index is 0.0819. The first kappa shape index (κ1) is 14.0. The number of hydrogen-bond donors (Lipinski definition) is 1. The number of halogens is 1. The van der Waals surface area contributed by atoms with Crippen LogP contribution in [-0.2, 0) is 6.42 Å². The molecule has 0 aliphatic heterocycles. The van der Waals surface area contributed by atoms with E-state index in [2.05, 4.69) is 17.2 Å². The van der Waals surface area contributed by atoms with Gasteiger partial charge in [-0.25, -0.2) is 4.68 Å². The van der Waals surface area contributed by atoms with Gasteiger partial charge in [0.15, 0.2) is 0 Å². The van der Waals surface area contributed by atoms with Crippen LogP contribution in [0.2, 0.25) is 5.02 Å². The SMILES string of the molecule is CCC(N)Cc1c(Cl)cccc1-n1nnc2ccccc21. The Morgan fingerprint density at radius 3 is 2.81 bits per heavy atom. The van der Waals surface area contributed by atoms with Gasteiger partial charge in [0.05, 0.1) is 11.2 Å². The summed E-state index contributed by atoms with van der Waals surface area (Å²) >= 11 is 6.38. The van der Waals surface area contributed by atoms with E-state index in [-0.39, 0.29) is 6.04 Å². The van der Waals surface area contributed by atoms with E-state index in [0.29, 0.717) is 0 Å². The number of nitrogens with zero attached hydrogens (tertiary/aromatic N) is 3. The molecule has 0 aliphatic carbocycles. The number of nitrogens with two attached hydrogens (primary N) is 1. The van der Waals surface area contributed by atoms with Gasteiger partial charge < -0.3 is 5.73 Å². The van der Waals surface area contributed by atoms with Crippen molar-refractivity contribution in [2.75, 3.05) is 0 Å². The summed E-state index contributed by atoms with van der Waals surface area (Å²) < 4.78 is 1.83.